The van der Waals surface area contributed by atoms with Crippen molar-refractivity contribution < 1.29 is 0 Å². The fourth-order valence-corrected chi connectivity index (χ4v) is 1.84. The summed E-state index contributed by atoms with van der Waals surface area (Å²) >= 11 is 0. The van der Waals surface area contributed by atoms with Crippen molar-refractivity contribution in [3.8, 4) is 0 Å². The van der Waals surface area contributed by atoms with Crippen LogP contribution in [0.25, 0.3) is 0 Å². The van der Waals surface area contributed by atoms with Crippen LogP contribution in [0.4, 0.5) is 0 Å². The normalized spacial score (nSPS) is 27.2. The summed E-state index contributed by atoms with van der Waals surface area (Å²) in [4.78, 5) is 0. The zero-order chi connectivity index (χ0) is 8.55. The average molecular weight is 158 g/mol. The highest BCUT2D eigenvalue weighted by Crippen LogP contribution is 2.30. The van der Waals surface area contributed by atoms with E-state index >= 15 is 0 Å². The Kier molecular flexibility index (Phi) is 1.76. The molecule has 0 saturated heterocycles. The first kappa shape index (κ1) is 7.60. The van der Waals surface area contributed by atoms with Gasteiger partial charge in [-0.05, 0) is 25.8 Å². The molecular weight excluding hydrogens is 144 g/mol. The second-order valence-electron chi connectivity index (χ2n) is 3.63. The van der Waals surface area contributed by atoms with Gasteiger partial charge in [0.2, 0.25) is 0 Å². The molecule has 0 nitrogen and oxygen atoms in total. The fourth-order valence-electron chi connectivity index (χ4n) is 1.84. The van der Waals surface area contributed by atoms with Gasteiger partial charge in [0.25, 0.3) is 0 Å². The Bertz CT molecular complexity index is 311. The lowest BCUT2D eigenvalue weighted by Gasteiger charge is -2.16. The third kappa shape index (κ3) is 1.18. The van der Waals surface area contributed by atoms with Gasteiger partial charge in [-0.3, -0.25) is 0 Å². The van der Waals surface area contributed by atoms with Crippen LogP contribution in [0.5, 0.6) is 0 Å². The van der Waals surface area contributed by atoms with Crippen molar-refractivity contribution in [3.63, 3.8) is 0 Å². The maximum absolute atomic E-state index is 2.36. The van der Waals surface area contributed by atoms with Crippen LogP contribution in [0, 0.1) is 5.92 Å². The van der Waals surface area contributed by atoms with Gasteiger partial charge in [-0.25, -0.2) is 0 Å². The van der Waals surface area contributed by atoms with Gasteiger partial charge < -0.3 is 0 Å². The molecule has 1 unspecified atom stereocenters. The number of fused-ring (bicyclic) bond motifs is 1. The molecule has 2 aliphatic rings. The van der Waals surface area contributed by atoms with E-state index in [-0.39, 0.29) is 0 Å². The molecule has 0 aromatic heterocycles. The number of hydrogen-bond donors (Lipinski definition) is 0. The summed E-state index contributed by atoms with van der Waals surface area (Å²) in [5.41, 5.74) is 4.31. The van der Waals surface area contributed by atoms with Gasteiger partial charge in [-0.15, -0.1) is 0 Å². The van der Waals surface area contributed by atoms with Gasteiger partial charge >= 0.3 is 0 Å². The predicted molar refractivity (Wildman–Crippen MR) is 52.8 cm³/mol. The van der Waals surface area contributed by atoms with Crippen LogP contribution < -0.4 is 0 Å². The van der Waals surface area contributed by atoms with Crippen molar-refractivity contribution in [1.82, 2.24) is 0 Å². The molecule has 2 aliphatic carbocycles. The lowest BCUT2D eigenvalue weighted by atomic mass is 9.88. The highest BCUT2D eigenvalue weighted by atomic mass is 14.2. The van der Waals surface area contributed by atoms with Crippen LogP contribution in [0.1, 0.15) is 20.3 Å². The second-order valence-corrected chi connectivity index (χ2v) is 3.63. The smallest absolute Gasteiger partial charge is 0.00233 e. The molecule has 0 heterocycles. The zero-order valence-corrected chi connectivity index (χ0v) is 7.67. The molecule has 0 aromatic rings. The molecule has 0 radical (unpaired) electrons. The maximum Gasteiger partial charge on any atom is 0.00233 e. The molecule has 12 heavy (non-hydrogen) atoms. The molecule has 2 rings (SSSR count). The van der Waals surface area contributed by atoms with Crippen LogP contribution in [-0.2, 0) is 0 Å². The molecular formula is C12H14. The Labute approximate surface area is 74.0 Å². The van der Waals surface area contributed by atoms with Gasteiger partial charge in [0.1, 0.15) is 0 Å². The standard InChI is InChI=1S/C12H14/c1-9-6-7-11-4-3-5-12(8-9)10(11)2/h3-4,6-8,12H,5H2,1-2H3. The lowest BCUT2D eigenvalue weighted by Crippen LogP contribution is -2.02. The van der Waals surface area contributed by atoms with Crippen LogP contribution in [-0.4, -0.2) is 0 Å². The van der Waals surface area contributed by atoms with Crippen molar-refractivity contribution >= 4 is 0 Å². The molecule has 0 spiro atoms. The first-order chi connectivity index (χ1) is 5.77. The molecule has 62 valence electrons. The Balaban J connectivity index is 2.47. The average Bonchev–Trinajstić information content (AvgIpc) is 2.17. The largest absolute Gasteiger partial charge is 0.0830 e. The molecule has 0 N–H and O–H groups in total. The van der Waals surface area contributed by atoms with E-state index in [1.54, 1.807) is 0 Å². The molecule has 2 bridgehead atoms. The minimum Gasteiger partial charge on any atom is -0.0830 e. The lowest BCUT2D eigenvalue weighted by molar-refractivity contribution is 0.755. The Morgan fingerprint density at radius 2 is 2.00 bits per heavy atom. The predicted octanol–water partition coefficient (Wildman–Crippen LogP) is 3.40. The van der Waals surface area contributed by atoms with Crippen molar-refractivity contribution in [2.24, 2.45) is 5.92 Å². The summed E-state index contributed by atoms with van der Waals surface area (Å²) < 4.78 is 0. The third-order valence-corrected chi connectivity index (χ3v) is 2.69. The quantitative estimate of drug-likeness (QED) is 0.507. The van der Waals surface area contributed by atoms with Crippen molar-refractivity contribution in [2.45, 2.75) is 20.3 Å². The molecule has 0 amide bonds. The molecule has 1 atom stereocenters. The van der Waals surface area contributed by atoms with E-state index in [0.29, 0.717) is 5.92 Å². The zero-order valence-electron chi connectivity index (χ0n) is 7.67. The minimum atomic E-state index is 0.653. The third-order valence-electron chi connectivity index (χ3n) is 2.69. The number of rotatable bonds is 0. The highest BCUT2D eigenvalue weighted by molar-refractivity contribution is 5.45. The van der Waals surface area contributed by atoms with E-state index in [1.165, 1.54) is 23.1 Å². The Morgan fingerprint density at radius 1 is 1.17 bits per heavy atom. The summed E-state index contributed by atoms with van der Waals surface area (Å²) in [6.07, 6.45) is 12.5. The van der Waals surface area contributed by atoms with Crippen molar-refractivity contribution in [3.05, 3.63) is 47.1 Å². The SMILES string of the molecule is CC1=CC2CC=CC(=C2C)C=C1. The van der Waals surface area contributed by atoms with Crippen LogP contribution >= 0.6 is 0 Å². The van der Waals surface area contributed by atoms with Gasteiger partial charge in [-0.1, -0.05) is 41.5 Å². The molecule has 0 fully saturated rings. The summed E-state index contributed by atoms with van der Waals surface area (Å²) in [6, 6.07) is 0. The van der Waals surface area contributed by atoms with E-state index in [1.807, 2.05) is 0 Å². The molecule has 0 aliphatic heterocycles. The van der Waals surface area contributed by atoms with E-state index in [9.17, 15) is 0 Å². The summed E-state index contributed by atoms with van der Waals surface area (Å²) in [5, 5.41) is 0. The number of hydrogen-bond acceptors (Lipinski definition) is 0. The Morgan fingerprint density at radius 3 is 2.83 bits per heavy atom. The summed E-state index contributed by atoms with van der Waals surface area (Å²) in [7, 11) is 0. The van der Waals surface area contributed by atoms with Crippen LogP contribution in [0.15, 0.2) is 47.1 Å². The monoisotopic (exact) mass is 158 g/mol. The fraction of sp³-hybridized carbons (Fsp3) is 0.333. The molecule has 0 heteroatoms. The van der Waals surface area contributed by atoms with Gasteiger partial charge in [0, 0.05) is 5.92 Å². The summed E-state index contributed by atoms with van der Waals surface area (Å²) in [5.74, 6) is 0.653. The van der Waals surface area contributed by atoms with E-state index in [2.05, 4.69) is 44.2 Å². The first-order valence-corrected chi connectivity index (χ1v) is 4.51. The number of allylic oxidation sites excluding steroid dienone is 8. The highest BCUT2D eigenvalue weighted by Gasteiger charge is 2.14. The minimum absolute atomic E-state index is 0.653. The Hall–Kier alpha value is -1.04. The summed E-state index contributed by atoms with van der Waals surface area (Å²) in [6.45, 7) is 4.41. The van der Waals surface area contributed by atoms with Gasteiger partial charge in [0.05, 0.1) is 0 Å². The first-order valence-electron chi connectivity index (χ1n) is 4.51. The van der Waals surface area contributed by atoms with E-state index in [0.717, 1.165) is 0 Å². The van der Waals surface area contributed by atoms with Gasteiger partial charge in [-0.2, -0.15) is 0 Å². The van der Waals surface area contributed by atoms with E-state index in [4.69, 9.17) is 0 Å². The van der Waals surface area contributed by atoms with E-state index < -0.39 is 0 Å². The maximum atomic E-state index is 2.36. The van der Waals surface area contributed by atoms with Crippen molar-refractivity contribution in [1.29, 1.82) is 0 Å². The van der Waals surface area contributed by atoms with Crippen LogP contribution in [0.2, 0.25) is 0 Å². The van der Waals surface area contributed by atoms with Crippen molar-refractivity contribution in [2.75, 3.05) is 0 Å². The van der Waals surface area contributed by atoms with Crippen LogP contribution in [0.3, 0.4) is 0 Å². The second kappa shape index (κ2) is 2.78. The topological polar surface area (TPSA) is 0 Å². The van der Waals surface area contributed by atoms with Gasteiger partial charge in [0.15, 0.2) is 0 Å². The molecule has 0 aromatic carbocycles. The molecule has 0 saturated carbocycles.